The monoisotopic (exact) mass is 263 g/mol. The van der Waals surface area contributed by atoms with Crippen LogP contribution in [0.2, 0.25) is 5.28 Å². The topological polar surface area (TPSA) is 25.8 Å². The number of nitrogens with zero attached hydrogens (tertiary/aromatic N) is 2. The first-order valence-electron chi connectivity index (χ1n) is 4.82. The lowest BCUT2D eigenvalue weighted by molar-refractivity contribution is 0.628. The summed E-state index contributed by atoms with van der Waals surface area (Å²) < 4.78 is 12.8. The molecular weight excluding hydrogens is 259 g/mol. The van der Waals surface area contributed by atoms with Crippen molar-refractivity contribution < 1.29 is 4.39 Å². The van der Waals surface area contributed by atoms with Gasteiger partial charge in [-0.3, -0.25) is 0 Å². The van der Waals surface area contributed by atoms with E-state index in [0.717, 1.165) is 21.3 Å². The molecule has 0 aliphatic heterocycles. The zero-order chi connectivity index (χ0) is 11.8. The van der Waals surface area contributed by atoms with Gasteiger partial charge in [0.2, 0.25) is 5.28 Å². The van der Waals surface area contributed by atoms with E-state index in [4.69, 9.17) is 11.6 Å². The molecule has 1 radical (unpaired) electrons. The van der Waals surface area contributed by atoms with Gasteiger partial charge in [-0.2, -0.15) is 0 Å². The number of hydrogen-bond donors (Lipinski definition) is 0. The zero-order valence-electron chi connectivity index (χ0n) is 8.45. The minimum Gasteiger partial charge on any atom is -0.215 e. The van der Waals surface area contributed by atoms with E-state index in [2.05, 4.69) is 16.2 Å². The lowest BCUT2D eigenvalue weighted by Gasteiger charge is -1.98. The van der Waals surface area contributed by atoms with Crippen molar-refractivity contribution in [2.45, 2.75) is 0 Å². The van der Waals surface area contributed by atoms with Gasteiger partial charge in [0.05, 0.1) is 0 Å². The Hall–Kier alpha value is -1.52. The Balaban J connectivity index is 2.21. The molecule has 5 heteroatoms. The Morgan fingerprint density at radius 2 is 2.00 bits per heavy atom. The number of benzene rings is 1. The van der Waals surface area contributed by atoms with Crippen molar-refractivity contribution in [1.29, 1.82) is 0 Å². The number of fused-ring (bicyclic) bond motifs is 1. The third-order valence-corrected chi connectivity index (χ3v) is 3.42. The highest BCUT2D eigenvalue weighted by Crippen LogP contribution is 2.32. The van der Waals surface area contributed by atoms with Crippen molar-refractivity contribution in [3.8, 4) is 11.1 Å². The van der Waals surface area contributed by atoms with E-state index < -0.39 is 0 Å². The maximum absolute atomic E-state index is 12.8. The van der Waals surface area contributed by atoms with Crippen LogP contribution < -0.4 is 0 Å². The van der Waals surface area contributed by atoms with Crippen LogP contribution in [0.1, 0.15) is 0 Å². The largest absolute Gasteiger partial charge is 0.224 e. The molecule has 0 atom stereocenters. The predicted octanol–water partition coefficient (Wildman–Crippen LogP) is 3.95. The van der Waals surface area contributed by atoms with Crippen LogP contribution >= 0.6 is 22.9 Å². The maximum Gasteiger partial charge on any atom is 0.224 e. The Kier molecular flexibility index (Phi) is 2.53. The van der Waals surface area contributed by atoms with Crippen LogP contribution in [0.5, 0.6) is 0 Å². The van der Waals surface area contributed by atoms with Gasteiger partial charge in [0.15, 0.2) is 0 Å². The third-order valence-electron chi connectivity index (χ3n) is 2.38. The summed E-state index contributed by atoms with van der Waals surface area (Å²) in [4.78, 5) is 8.73. The Labute approximate surface area is 106 Å². The molecule has 0 saturated heterocycles. The lowest BCUT2D eigenvalue weighted by atomic mass is 10.1. The first-order chi connectivity index (χ1) is 8.24. The molecule has 0 spiro atoms. The van der Waals surface area contributed by atoms with Gasteiger partial charge < -0.3 is 0 Å². The molecule has 0 saturated carbocycles. The molecule has 17 heavy (non-hydrogen) atoms. The highest BCUT2D eigenvalue weighted by atomic mass is 35.5. The van der Waals surface area contributed by atoms with Crippen molar-refractivity contribution >= 4 is 33.2 Å². The van der Waals surface area contributed by atoms with Gasteiger partial charge in [-0.15, -0.1) is 11.3 Å². The van der Waals surface area contributed by atoms with Gasteiger partial charge in [0.25, 0.3) is 0 Å². The smallest absolute Gasteiger partial charge is 0.215 e. The molecular formula is C12H5ClFN2S. The number of aromatic nitrogens is 2. The molecule has 83 valence electrons. The second-order valence-electron chi connectivity index (χ2n) is 3.44. The molecule has 3 rings (SSSR count). The molecule has 0 N–H and O–H groups in total. The second-order valence-corrected chi connectivity index (χ2v) is 4.64. The minimum atomic E-state index is -0.253. The molecule has 0 fully saturated rings. The summed E-state index contributed by atoms with van der Waals surface area (Å²) in [6, 6.07) is 6.30. The first kappa shape index (κ1) is 10.6. The van der Waals surface area contributed by atoms with E-state index in [1.807, 2.05) is 5.38 Å². The third kappa shape index (κ3) is 1.90. The summed E-state index contributed by atoms with van der Waals surface area (Å²) in [5.74, 6) is -0.253. The van der Waals surface area contributed by atoms with E-state index in [1.54, 1.807) is 12.1 Å². The number of hydrogen-bond acceptors (Lipinski definition) is 3. The van der Waals surface area contributed by atoms with Crippen molar-refractivity contribution in [3.63, 3.8) is 0 Å². The van der Waals surface area contributed by atoms with E-state index in [-0.39, 0.29) is 11.1 Å². The fourth-order valence-corrected chi connectivity index (χ4v) is 2.66. The van der Waals surface area contributed by atoms with Crippen LogP contribution in [0.25, 0.3) is 21.3 Å². The second kappa shape index (κ2) is 4.05. The van der Waals surface area contributed by atoms with Crippen LogP contribution in [0.15, 0.2) is 29.6 Å². The quantitative estimate of drug-likeness (QED) is 0.621. The van der Waals surface area contributed by atoms with E-state index in [1.165, 1.54) is 23.5 Å². The molecule has 0 amide bonds. The molecule has 1 aromatic carbocycles. The van der Waals surface area contributed by atoms with E-state index >= 15 is 0 Å². The van der Waals surface area contributed by atoms with Crippen molar-refractivity contribution in [3.05, 3.63) is 46.9 Å². The van der Waals surface area contributed by atoms with E-state index in [9.17, 15) is 4.39 Å². The number of thiophene rings is 1. The van der Waals surface area contributed by atoms with Crippen molar-refractivity contribution in [2.75, 3.05) is 0 Å². The number of rotatable bonds is 1. The van der Waals surface area contributed by atoms with Crippen LogP contribution in [0, 0.1) is 12.0 Å². The van der Waals surface area contributed by atoms with Crippen molar-refractivity contribution in [1.82, 2.24) is 9.97 Å². The van der Waals surface area contributed by atoms with Gasteiger partial charge in [-0.05, 0) is 29.3 Å². The minimum absolute atomic E-state index is 0.185. The molecule has 0 aliphatic carbocycles. The average Bonchev–Trinajstić information content (AvgIpc) is 2.73. The molecule has 3 aromatic rings. The van der Waals surface area contributed by atoms with Gasteiger partial charge in [0.1, 0.15) is 16.8 Å². The Morgan fingerprint density at radius 1 is 1.24 bits per heavy atom. The predicted molar refractivity (Wildman–Crippen MR) is 66.7 cm³/mol. The first-order valence-corrected chi connectivity index (χ1v) is 6.08. The normalized spacial score (nSPS) is 10.9. The van der Waals surface area contributed by atoms with E-state index in [0.29, 0.717) is 0 Å². The van der Waals surface area contributed by atoms with Gasteiger partial charge in [-0.1, -0.05) is 12.1 Å². The van der Waals surface area contributed by atoms with Crippen LogP contribution in [0.4, 0.5) is 4.39 Å². The zero-order valence-corrected chi connectivity index (χ0v) is 10.0. The standard InChI is InChI=1S/C12H5ClFN2S/c13-12-15-5-9-10(6-17-11(9)16-12)7-1-3-8(14)4-2-7/h1-4,6H. The van der Waals surface area contributed by atoms with Gasteiger partial charge >= 0.3 is 0 Å². The fourth-order valence-electron chi connectivity index (χ4n) is 1.59. The highest BCUT2D eigenvalue weighted by Gasteiger charge is 2.09. The van der Waals surface area contributed by atoms with Gasteiger partial charge in [0, 0.05) is 16.3 Å². The fraction of sp³-hybridized carbons (Fsp3) is 0. The average molecular weight is 264 g/mol. The lowest BCUT2D eigenvalue weighted by Crippen LogP contribution is -1.82. The summed E-state index contributed by atoms with van der Waals surface area (Å²) in [6.45, 7) is 0. The highest BCUT2D eigenvalue weighted by molar-refractivity contribution is 7.17. The molecule has 0 aliphatic rings. The molecule has 2 heterocycles. The molecule has 0 unspecified atom stereocenters. The molecule has 0 bridgehead atoms. The molecule has 2 aromatic heterocycles. The van der Waals surface area contributed by atoms with Gasteiger partial charge in [-0.25, -0.2) is 14.4 Å². The summed E-state index contributed by atoms with van der Waals surface area (Å²) in [5.41, 5.74) is 1.86. The summed E-state index contributed by atoms with van der Waals surface area (Å²) in [5, 5.41) is 2.94. The molecule has 2 nitrogen and oxygen atoms in total. The number of halogens is 2. The van der Waals surface area contributed by atoms with Crippen LogP contribution in [-0.2, 0) is 0 Å². The Bertz CT molecular complexity index is 679. The summed E-state index contributed by atoms with van der Waals surface area (Å²) in [7, 11) is 0. The maximum atomic E-state index is 12.8. The SMILES string of the molecule is Fc1ccc(-c2csc3nc(Cl)n[c]c23)cc1. The summed E-state index contributed by atoms with van der Waals surface area (Å²) in [6.07, 6.45) is 2.85. The van der Waals surface area contributed by atoms with Crippen LogP contribution in [-0.4, -0.2) is 9.97 Å². The summed E-state index contributed by atoms with van der Waals surface area (Å²) >= 11 is 7.16. The van der Waals surface area contributed by atoms with Crippen molar-refractivity contribution in [2.24, 2.45) is 0 Å². The van der Waals surface area contributed by atoms with Crippen LogP contribution in [0.3, 0.4) is 0 Å². The Morgan fingerprint density at radius 3 is 2.76 bits per heavy atom.